The highest BCUT2D eigenvalue weighted by atomic mass is 35.5. The minimum absolute atomic E-state index is 0.312. The van der Waals surface area contributed by atoms with Crippen LogP contribution in [-0.4, -0.2) is 54.8 Å². The van der Waals surface area contributed by atoms with Crippen LogP contribution in [0, 0.1) is 18.8 Å². The van der Waals surface area contributed by atoms with Crippen LogP contribution in [0.2, 0.25) is 5.02 Å². The molecule has 2 atom stereocenters. The maximum absolute atomic E-state index is 13.0. The lowest BCUT2D eigenvalue weighted by atomic mass is 9.96. The van der Waals surface area contributed by atoms with E-state index in [2.05, 4.69) is 5.32 Å². The zero-order valence-corrected chi connectivity index (χ0v) is 14.8. The number of halogens is 4. The molecule has 2 N–H and O–H groups in total. The molecule has 144 valence electrons. The summed E-state index contributed by atoms with van der Waals surface area (Å²) in [6.45, 7) is 0.485. The molecular weight excluding hydrogens is 377 g/mol. The lowest BCUT2D eigenvalue weighted by Crippen LogP contribution is -2.34. The van der Waals surface area contributed by atoms with Crippen molar-refractivity contribution in [2.24, 2.45) is 11.8 Å². The average Bonchev–Trinajstić information content (AvgIpc) is 2.95. The summed E-state index contributed by atoms with van der Waals surface area (Å²) in [5.41, 5.74) is 1.02. The fraction of sp³-hybridized carbons (Fsp3) is 0.500. The number of hydrogen-bond acceptors (Lipinski definition) is 4. The van der Waals surface area contributed by atoms with E-state index in [9.17, 15) is 22.8 Å². The standard InChI is InChI=1S/C16H18ClF3N2O4/c1-8-3-12(13(26-2)4-11(8)17)21-14(23)7-22-5-9(15(24)25)10(6-22)16(18,19)20/h3-4,9-10H,5-7H2,1-2H3,(H,21,23)(H,24,25)/t9-,10-/m1/s1. The van der Waals surface area contributed by atoms with Crippen LogP contribution in [0.15, 0.2) is 12.1 Å². The Bertz CT molecular complexity index is 711. The molecule has 1 amide bonds. The van der Waals surface area contributed by atoms with Crippen LogP contribution in [0.1, 0.15) is 5.56 Å². The number of carbonyl (C=O) groups is 2. The summed E-state index contributed by atoms with van der Waals surface area (Å²) in [4.78, 5) is 24.5. The third kappa shape index (κ3) is 4.59. The van der Waals surface area contributed by atoms with Crippen LogP contribution >= 0.6 is 11.6 Å². The van der Waals surface area contributed by atoms with Gasteiger partial charge in [0.05, 0.1) is 31.2 Å². The van der Waals surface area contributed by atoms with Crippen LogP contribution in [-0.2, 0) is 9.59 Å². The molecule has 0 spiro atoms. The van der Waals surface area contributed by atoms with E-state index in [4.69, 9.17) is 21.4 Å². The van der Waals surface area contributed by atoms with Crippen LogP contribution < -0.4 is 10.1 Å². The number of aliphatic carboxylic acids is 1. The predicted octanol–water partition coefficient (Wildman–Crippen LogP) is 2.79. The number of hydrogen-bond donors (Lipinski definition) is 2. The third-order valence-corrected chi connectivity index (χ3v) is 4.66. The number of alkyl halides is 3. The Morgan fingerprint density at radius 1 is 1.38 bits per heavy atom. The molecule has 6 nitrogen and oxygen atoms in total. The Morgan fingerprint density at radius 3 is 2.54 bits per heavy atom. The van der Waals surface area contributed by atoms with Crippen LogP contribution in [0.3, 0.4) is 0 Å². The van der Waals surface area contributed by atoms with Crippen molar-refractivity contribution in [3.8, 4) is 5.75 Å². The molecule has 2 rings (SSSR count). The van der Waals surface area contributed by atoms with Gasteiger partial charge in [-0.1, -0.05) is 11.6 Å². The van der Waals surface area contributed by atoms with Crippen LogP contribution in [0.4, 0.5) is 18.9 Å². The number of rotatable bonds is 5. The number of likely N-dealkylation sites (tertiary alicyclic amines) is 1. The molecule has 1 aliphatic rings. The molecular formula is C16H18ClF3N2O4. The summed E-state index contributed by atoms with van der Waals surface area (Å²) >= 11 is 5.98. The van der Waals surface area contributed by atoms with E-state index in [0.29, 0.717) is 22.0 Å². The van der Waals surface area contributed by atoms with Crippen LogP contribution in [0.5, 0.6) is 5.75 Å². The molecule has 0 radical (unpaired) electrons. The number of benzene rings is 1. The Hall–Kier alpha value is -2.00. The minimum Gasteiger partial charge on any atom is -0.495 e. The van der Waals surface area contributed by atoms with Gasteiger partial charge in [0, 0.05) is 24.2 Å². The number of carboxylic acid groups (broad SMARTS) is 1. The van der Waals surface area contributed by atoms with Gasteiger partial charge >= 0.3 is 12.1 Å². The zero-order valence-electron chi connectivity index (χ0n) is 14.1. The van der Waals surface area contributed by atoms with Crippen molar-refractivity contribution in [1.82, 2.24) is 4.90 Å². The molecule has 0 unspecified atom stereocenters. The van der Waals surface area contributed by atoms with Gasteiger partial charge in [0.2, 0.25) is 5.91 Å². The van der Waals surface area contributed by atoms with Crippen molar-refractivity contribution < 1.29 is 32.6 Å². The Labute approximate surface area is 152 Å². The molecule has 1 fully saturated rings. The summed E-state index contributed by atoms with van der Waals surface area (Å²) in [6.07, 6.45) is -4.63. The lowest BCUT2D eigenvalue weighted by Gasteiger charge is -2.18. The lowest BCUT2D eigenvalue weighted by molar-refractivity contribution is -0.188. The maximum Gasteiger partial charge on any atom is 0.393 e. The number of carbonyl (C=O) groups excluding carboxylic acids is 1. The number of nitrogens with zero attached hydrogens (tertiary/aromatic N) is 1. The molecule has 1 saturated heterocycles. The van der Waals surface area contributed by atoms with Crippen molar-refractivity contribution in [1.29, 1.82) is 0 Å². The topological polar surface area (TPSA) is 78.9 Å². The van der Waals surface area contributed by atoms with E-state index in [1.165, 1.54) is 18.1 Å². The Balaban J connectivity index is 2.07. The number of ether oxygens (including phenoxy) is 1. The van der Waals surface area contributed by atoms with Gasteiger partial charge in [0.1, 0.15) is 5.75 Å². The molecule has 0 saturated carbocycles. The van der Waals surface area contributed by atoms with E-state index < -0.39 is 36.4 Å². The summed E-state index contributed by atoms with van der Waals surface area (Å²) in [5.74, 6) is -5.37. The van der Waals surface area contributed by atoms with E-state index in [1.54, 1.807) is 13.0 Å². The van der Waals surface area contributed by atoms with Crippen molar-refractivity contribution in [3.63, 3.8) is 0 Å². The zero-order chi connectivity index (χ0) is 19.6. The van der Waals surface area contributed by atoms with Crippen molar-refractivity contribution in [3.05, 3.63) is 22.7 Å². The van der Waals surface area contributed by atoms with Gasteiger partial charge in [-0.05, 0) is 18.6 Å². The largest absolute Gasteiger partial charge is 0.495 e. The maximum atomic E-state index is 13.0. The van der Waals surface area contributed by atoms with E-state index in [0.717, 1.165) is 0 Å². The third-order valence-electron chi connectivity index (χ3n) is 4.26. The summed E-state index contributed by atoms with van der Waals surface area (Å²) in [5, 5.41) is 12.0. The van der Waals surface area contributed by atoms with Crippen molar-refractivity contribution in [2.45, 2.75) is 13.1 Å². The van der Waals surface area contributed by atoms with Gasteiger partial charge in [0.15, 0.2) is 0 Å². The summed E-state index contributed by atoms with van der Waals surface area (Å²) in [7, 11) is 1.39. The van der Waals surface area contributed by atoms with E-state index in [-0.39, 0.29) is 13.1 Å². The molecule has 1 aromatic rings. The first-order chi connectivity index (χ1) is 12.0. The summed E-state index contributed by atoms with van der Waals surface area (Å²) in [6, 6.07) is 3.10. The molecule has 1 heterocycles. The molecule has 0 aromatic heterocycles. The first-order valence-electron chi connectivity index (χ1n) is 7.68. The highest BCUT2D eigenvalue weighted by molar-refractivity contribution is 6.31. The van der Waals surface area contributed by atoms with Gasteiger partial charge < -0.3 is 15.2 Å². The van der Waals surface area contributed by atoms with Gasteiger partial charge in [0.25, 0.3) is 0 Å². The van der Waals surface area contributed by atoms with E-state index >= 15 is 0 Å². The fourth-order valence-electron chi connectivity index (χ4n) is 2.92. The fourth-order valence-corrected chi connectivity index (χ4v) is 3.07. The summed E-state index contributed by atoms with van der Waals surface area (Å²) < 4.78 is 44.1. The number of aryl methyl sites for hydroxylation is 1. The van der Waals surface area contributed by atoms with Gasteiger partial charge in [-0.3, -0.25) is 14.5 Å². The number of anilines is 1. The number of carboxylic acids is 1. The quantitative estimate of drug-likeness (QED) is 0.803. The second kappa shape index (κ2) is 7.71. The van der Waals surface area contributed by atoms with Gasteiger partial charge in [-0.25, -0.2) is 0 Å². The Morgan fingerprint density at radius 2 is 2.04 bits per heavy atom. The Kier molecular flexibility index (Phi) is 6.02. The first kappa shape index (κ1) is 20.3. The molecule has 10 heteroatoms. The van der Waals surface area contributed by atoms with Gasteiger partial charge in [-0.15, -0.1) is 0 Å². The number of amides is 1. The minimum atomic E-state index is -4.63. The first-order valence-corrected chi connectivity index (χ1v) is 8.06. The predicted molar refractivity (Wildman–Crippen MR) is 88.5 cm³/mol. The molecule has 26 heavy (non-hydrogen) atoms. The molecule has 1 aromatic carbocycles. The van der Waals surface area contributed by atoms with Crippen molar-refractivity contribution >= 4 is 29.2 Å². The highest BCUT2D eigenvalue weighted by Gasteiger charge is 2.52. The normalized spacial score (nSPS) is 20.8. The molecule has 0 aliphatic carbocycles. The van der Waals surface area contributed by atoms with Crippen molar-refractivity contribution in [2.75, 3.05) is 32.1 Å². The SMILES string of the molecule is COc1cc(Cl)c(C)cc1NC(=O)CN1C[C@@H](C(F)(F)F)[C@H](C(=O)O)C1. The second-order valence-corrected chi connectivity index (χ2v) is 6.54. The molecule has 0 bridgehead atoms. The average molecular weight is 395 g/mol. The highest BCUT2D eigenvalue weighted by Crippen LogP contribution is 2.37. The number of methoxy groups -OCH3 is 1. The number of nitrogens with one attached hydrogen (secondary N) is 1. The van der Waals surface area contributed by atoms with Gasteiger partial charge in [-0.2, -0.15) is 13.2 Å². The monoisotopic (exact) mass is 394 g/mol. The smallest absolute Gasteiger partial charge is 0.393 e. The molecule has 1 aliphatic heterocycles. The second-order valence-electron chi connectivity index (χ2n) is 6.14. The van der Waals surface area contributed by atoms with E-state index in [1.807, 2.05) is 0 Å². The van der Waals surface area contributed by atoms with Crippen LogP contribution in [0.25, 0.3) is 0 Å².